The number of nitrogens with zero attached hydrogens (tertiary/aromatic N) is 3. The molecule has 1 saturated heterocycles. The van der Waals surface area contributed by atoms with E-state index in [4.69, 9.17) is 10.5 Å². The van der Waals surface area contributed by atoms with Crippen molar-refractivity contribution >= 4 is 29.8 Å². The van der Waals surface area contributed by atoms with Crippen molar-refractivity contribution in [3.63, 3.8) is 0 Å². The summed E-state index contributed by atoms with van der Waals surface area (Å²) in [6.45, 7) is 0.527. The third-order valence-electron chi connectivity index (χ3n) is 4.80. The highest BCUT2D eigenvalue weighted by Gasteiger charge is 2.34. The number of rotatable bonds is 7. The summed E-state index contributed by atoms with van der Waals surface area (Å²) in [5, 5.41) is 11.2. The van der Waals surface area contributed by atoms with Gasteiger partial charge in [-0.25, -0.2) is 0 Å². The van der Waals surface area contributed by atoms with E-state index in [0.29, 0.717) is 30.8 Å². The van der Waals surface area contributed by atoms with Crippen molar-refractivity contribution in [1.29, 1.82) is 0 Å². The first-order valence-corrected chi connectivity index (χ1v) is 8.94. The number of nitro benzene ring substituents is 1. The Morgan fingerprint density at radius 2 is 1.97 bits per heavy atom. The Morgan fingerprint density at radius 1 is 1.28 bits per heavy atom. The van der Waals surface area contributed by atoms with Gasteiger partial charge in [0, 0.05) is 18.1 Å². The van der Waals surface area contributed by atoms with E-state index in [1.165, 1.54) is 6.07 Å². The molecule has 2 aromatic carbocycles. The summed E-state index contributed by atoms with van der Waals surface area (Å²) >= 11 is 0. The Morgan fingerprint density at radius 3 is 2.62 bits per heavy atom. The molecular weight excluding hydrogens is 396 g/mol. The summed E-state index contributed by atoms with van der Waals surface area (Å²) in [5.74, 6) is 1.05. The number of nitro groups is 1. The molecule has 0 aromatic heterocycles. The molecule has 1 fully saturated rings. The van der Waals surface area contributed by atoms with Crippen LogP contribution in [0.5, 0.6) is 5.75 Å². The number of nitrogens with two attached hydrogens (primary N) is 1. The molecule has 0 spiro atoms. The molecule has 0 aliphatic carbocycles. The standard InChI is InChI=1S/C20H22N4O4.ClH/c1-28-16-8-6-14(7-9-16)12-22-20(21)18-10-11-19(25)23(18)13-15-4-2-3-5-17(15)24(26)27;/h2-9,18H,10-13H2,1H3,(H2,21,22);1H/t18-;/m0./s1. The number of likely N-dealkylation sites (tertiary alicyclic amines) is 1. The normalized spacial score (nSPS) is 16.4. The van der Waals surface area contributed by atoms with Gasteiger partial charge in [0.25, 0.3) is 5.69 Å². The number of carbonyl (C=O) groups excluding carboxylic acids is 1. The van der Waals surface area contributed by atoms with Crippen LogP contribution in [0.3, 0.4) is 0 Å². The number of ether oxygens (including phenoxy) is 1. The Labute approximate surface area is 174 Å². The minimum atomic E-state index is -0.438. The van der Waals surface area contributed by atoms with Gasteiger partial charge in [-0.3, -0.25) is 19.9 Å². The molecule has 8 nitrogen and oxygen atoms in total. The second kappa shape index (κ2) is 9.88. The lowest BCUT2D eigenvalue weighted by Gasteiger charge is -2.24. The lowest BCUT2D eigenvalue weighted by atomic mass is 10.1. The Kier molecular flexibility index (Phi) is 7.55. The van der Waals surface area contributed by atoms with Gasteiger partial charge in [0.05, 0.1) is 31.2 Å². The van der Waals surface area contributed by atoms with E-state index in [1.54, 1.807) is 30.2 Å². The van der Waals surface area contributed by atoms with E-state index < -0.39 is 4.92 Å². The molecule has 9 heteroatoms. The molecule has 2 N–H and O–H groups in total. The maximum atomic E-state index is 12.4. The molecule has 1 aliphatic heterocycles. The number of aliphatic imine (C=N–C) groups is 1. The van der Waals surface area contributed by atoms with Gasteiger partial charge in [-0.05, 0) is 24.1 Å². The summed E-state index contributed by atoms with van der Waals surface area (Å²) in [4.78, 5) is 29.2. The number of carbonyl (C=O) groups is 1. The van der Waals surface area contributed by atoms with E-state index in [2.05, 4.69) is 4.99 Å². The zero-order valence-corrected chi connectivity index (χ0v) is 16.8. The number of benzene rings is 2. The first-order chi connectivity index (χ1) is 13.5. The fraction of sp³-hybridized carbons (Fsp3) is 0.300. The van der Waals surface area contributed by atoms with Gasteiger partial charge in [0.2, 0.25) is 5.91 Å². The van der Waals surface area contributed by atoms with Crippen LogP contribution < -0.4 is 10.5 Å². The van der Waals surface area contributed by atoms with Crippen LogP contribution >= 0.6 is 12.4 Å². The van der Waals surface area contributed by atoms with Crippen molar-refractivity contribution in [1.82, 2.24) is 4.90 Å². The minimum absolute atomic E-state index is 0. The molecule has 1 amide bonds. The van der Waals surface area contributed by atoms with Crippen molar-refractivity contribution < 1.29 is 14.5 Å². The molecule has 3 rings (SSSR count). The monoisotopic (exact) mass is 418 g/mol. The number of hydrogen-bond acceptors (Lipinski definition) is 5. The average Bonchev–Trinajstić information content (AvgIpc) is 3.07. The third-order valence-corrected chi connectivity index (χ3v) is 4.80. The van der Waals surface area contributed by atoms with E-state index in [1.807, 2.05) is 24.3 Å². The molecule has 0 unspecified atom stereocenters. The molecule has 0 saturated carbocycles. The number of para-hydroxylation sites is 1. The molecule has 0 bridgehead atoms. The van der Waals surface area contributed by atoms with Crippen LogP contribution in [0, 0.1) is 10.1 Å². The number of hydrogen-bond donors (Lipinski definition) is 1. The van der Waals surface area contributed by atoms with Crippen molar-refractivity contribution in [2.24, 2.45) is 10.7 Å². The molecule has 1 aliphatic rings. The SMILES string of the molecule is COc1ccc(CN=C(N)[C@@H]2CCC(=O)N2Cc2ccccc2[N+](=O)[O-])cc1.Cl. The molecule has 2 aromatic rings. The first-order valence-electron chi connectivity index (χ1n) is 8.94. The summed E-state index contributed by atoms with van der Waals surface area (Å²) in [5.41, 5.74) is 7.63. The van der Waals surface area contributed by atoms with Gasteiger partial charge in [-0.1, -0.05) is 30.3 Å². The van der Waals surface area contributed by atoms with Crippen LogP contribution in [-0.4, -0.2) is 34.7 Å². The van der Waals surface area contributed by atoms with Crippen molar-refractivity contribution in [3.8, 4) is 5.75 Å². The van der Waals surface area contributed by atoms with E-state index in [0.717, 1.165) is 11.3 Å². The Hall–Kier alpha value is -3.13. The highest BCUT2D eigenvalue weighted by molar-refractivity contribution is 5.93. The van der Waals surface area contributed by atoms with E-state index in [-0.39, 0.29) is 36.6 Å². The van der Waals surface area contributed by atoms with Gasteiger partial charge >= 0.3 is 0 Å². The van der Waals surface area contributed by atoms with Gasteiger partial charge in [0.15, 0.2) is 0 Å². The predicted octanol–water partition coefficient (Wildman–Crippen LogP) is 3.07. The Bertz CT molecular complexity index is 902. The number of amides is 1. The second-order valence-corrected chi connectivity index (χ2v) is 6.55. The topological polar surface area (TPSA) is 111 Å². The number of halogens is 1. The maximum Gasteiger partial charge on any atom is 0.274 e. The van der Waals surface area contributed by atoms with Gasteiger partial charge < -0.3 is 15.4 Å². The van der Waals surface area contributed by atoms with Crippen molar-refractivity contribution in [2.45, 2.75) is 32.0 Å². The van der Waals surface area contributed by atoms with Crippen LogP contribution in [0.1, 0.15) is 24.0 Å². The smallest absolute Gasteiger partial charge is 0.274 e. The minimum Gasteiger partial charge on any atom is -0.497 e. The van der Waals surface area contributed by atoms with Crippen molar-refractivity contribution in [2.75, 3.05) is 7.11 Å². The molecular formula is C20H23ClN4O4. The summed E-state index contributed by atoms with van der Waals surface area (Å²) in [6.07, 6.45) is 0.904. The van der Waals surface area contributed by atoms with E-state index >= 15 is 0 Å². The van der Waals surface area contributed by atoms with Crippen LogP contribution in [0.15, 0.2) is 53.5 Å². The summed E-state index contributed by atoms with van der Waals surface area (Å²) < 4.78 is 5.13. The van der Waals surface area contributed by atoms with Crippen LogP contribution in [0.2, 0.25) is 0 Å². The molecule has 0 radical (unpaired) electrons. The van der Waals surface area contributed by atoms with Gasteiger partial charge in [-0.15, -0.1) is 12.4 Å². The van der Waals surface area contributed by atoms with Gasteiger partial charge in [-0.2, -0.15) is 0 Å². The fourth-order valence-electron chi connectivity index (χ4n) is 3.26. The lowest BCUT2D eigenvalue weighted by Crippen LogP contribution is -2.42. The highest BCUT2D eigenvalue weighted by atomic mass is 35.5. The third kappa shape index (κ3) is 5.23. The quantitative estimate of drug-likeness (QED) is 0.321. The molecule has 29 heavy (non-hydrogen) atoms. The predicted molar refractivity (Wildman–Crippen MR) is 112 cm³/mol. The average molecular weight is 419 g/mol. The van der Waals surface area contributed by atoms with Crippen LogP contribution in [0.4, 0.5) is 5.69 Å². The molecule has 154 valence electrons. The highest BCUT2D eigenvalue weighted by Crippen LogP contribution is 2.26. The first kappa shape index (κ1) is 22.2. The summed E-state index contributed by atoms with van der Waals surface area (Å²) in [6, 6.07) is 13.6. The van der Waals surface area contributed by atoms with Crippen LogP contribution in [-0.2, 0) is 17.9 Å². The van der Waals surface area contributed by atoms with Gasteiger partial charge in [0.1, 0.15) is 11.6 Å². The van der Waals surface area contributed by atoms with E-state index in [9.17, 15) is 14.9 Å². The fourth-order valence-corrected chi connectivity index (χ4v) is 3.26. The number of methoxy groups -OCH3 is 1. The van der Waals surface area contributed by atoms with Crippen molar-refractivity contribution in [3.05, 3.63) is 69.8 Å². The lowest BCUT2D eigenvalue weighted by molar-refractivity contribution is -0.385. The zero-order valence-electron chi connectivity index (χ0n) is 16.0. The Balaban J connectivity index is 0.00000300. The largest absolute Gasteiger partial charge is 0.497 e. The van der Waals surface area contributed by atoms with Crippen LogP contribution in [0.25, 0.3) is 0 Å². The molecule has 1 atom stereocenters. The second-order valence-electron chi connectivity index (χ2n) is 6.55. The zero-order chi connectivity index (χ0) is 20.1. The summed E-state index contributed by atoms with van der Waals surface area (Å²) in [7, 11) is 1.61. The molecule has 1 heterocycles. The number of amidine groups is 1. The maximum absolute atomic E-state index is 12.4.